The van der Waals surface area contributed by atoms with Gasteiger partial charge in [-0.1, -0.05) is 12.1 Å². The van der Waals surface area contributed by atoms with E-state index in [4.69, 9.17) is 16.3 Å². The van der Waals surface area contributed by atoms with E-state index in [1.165, 1.54) is 19.1 Å². The summed E-state index contributed by atoms with van der Waals surface area (Å²) in [6, 6.07) is 6.52. The molecule has 0 bridgehead atoms. The van der Waals surface area contributed by atoms with Gasteiger partial charge in [-0.25, -0.2) is 8.42 Å². The molecule has 2 aromatic rings. The Bertz CT molecular complexity index is 1230. The molecule has 1 aromatic heterocycles. The van der Waals surface area contributed by atoms with E-state index >= 15 is 0 Å². The van der Waals surface area contributed by atoms with Gasteiger partial charge in [0, 0.05) is 5.69 Å². The molecule has 0 atom stereocenters. The summed E-state index contributed by atoms with van der Waals surface area (Å²) < 4.78 is 70.0. The predicted octanol–water partition coefficient (Wildman–Crippen LogP) is 0.177. The number of pyridine rings is 1. The van der Waals surface area contributed by atoms with E-state index in [2.05, 4.69) is 15.2 Å². The largest absolute Gasteiger partial charge is 0.573 e. The lowest BCUT2D eigenvalue weighted by molar-refractivity contribution is -0.275. The van der Waals surface area contributed by atoms with E-state index in [0.29, 0.717) is 5.69 Å². The molecule has 0 unspecified atom stereocenters. The smallest absolute Gasteiger partial charge is 0.404 e. The van der Waals surface area contributed by atoms with Crippen molar-refractivity contribution < 1.29 is 36.0 Å². The maximum atomic E-state index is 12.8. The van der Waals surface area contributed by atoms with Crippen LogP contribution in [0.3, 0.4) is 0 Å². The molecule has 6 N–H and O–H groups in total. The maximum Gasteiger partial charge on any atom is 0.573 e. The van der Waals surface area contributed by atoms with Crippen LogP contribution in [-0.2, 0) is 26.2 Å². The summed E-state index contributed by atoms with van der Waals surface area (Å²) in [5.74, 6) is -1.89. The Morgan fingerprint density at radius 1 is 1.18 bits per heavy atom. The Labute approximate surface area is 191 Å². The van der Waals surface area contributed by atoms with E-state index in [1.54, 1.807) is 0 Å². The minimum Gasteiger partial charge on any atom is -0.404 e. The van der Waals surface area contributed by atoms with E-state index in [1.807, 2.05) is 4.72 Å². The predicted molar refractivity (Wildman–Crippen MR) is 114 cm³/mol. The van der Waals surface area contributed by atoms with Crippen molar-refractivity contribution >= 4 is 27.6 Å². The molecular formula is C18H21F3N6O6S. The number of nitrogens with one attached hydrogen (secondary N) is 2. The Hall–Kier alpha value is -3.95. The minimum absolute atomic E-state index is 0.00568. The molecule has 0 radical (unpaired) electrons. The summed E-state index contributed by atoms with van der Waals surface area (Å²) >= 11 is 0. The van der Waals surface area contributed by atoms with Gasteiger partial charge < -0.3 is 30.9 Å². The summed E-state index contributed by atoms with van der Waals surface area (Å²) in [5.41, 5.74) is 9.08. The number of amides is 1. The summed E-state index contributed by atoms with van der Waals surface area (Å²) in [7, 11) is -4.66. The average molecular weight is 506 g/mol. The van der Waals surface area contributed by atoms with Crippen LogP contribution in [0.4, 0.5) is 18.9 Å². The molecule has 16 heteroatoms. The monoisotopic (exact) mass is 506 g/mol. The molecule has 0 spiro atoms. The second-order valence-electron chi connectivity index (χ2n) is 6.58. The number of hydrogen-bond donors (Lipinski definition) is 4. The van der Waals surface area contributed by atoms with Crippen molar-refractivity contribution in [2.24, 2.45) is 16.6 Å². The molecule has 0 fully saturated rings. The Morgan fingerprint density at radius 2 is 1.85 bits per heavy atom. The van der Waals surface area contributed by atoms with Crippen molar-refractivity contribution in [2.45, 2.75) is 24.7 Å². The molecule has 0 aliphatic rings. The van der Waals surface area contributed by atoms with Crippen LogP contribution in [0.5, 0.6) is 5.75 Å². The molecule has 0 saturated carbocycles. The third-order valence-corrected chi connectivity index (χ3v) is 5.39. The lowest BCUT2D eigenvalue weighted by Crippen LogP contribution is -2.36. The van der Waals surface area contributed by atoms with Crippen LogP contribution in [0.2, 0.25) is 0 Å². The number of sulfonamides is 1. The number of halogens is 3. The molecule has 0 saturated heterocycles. The van der Waals surface area contributed by atoms with Gasteiger partial charge in [-0.15, -0.1) is 13.2 Å². The fourth-order valence-corrected chi connectivity index (χ4v) is 3.77. The first kappa shape index (κ1) is 26.3. The van der Waals surface area contributed by atoms with Crippen molar-refractivity contribution in [1.82, 2.24) is 9.88 Å². The zero-order valence-electron chi connectivity index (χ0n) is 17.6. The highest BCUT2D eigenvalue weighted by molar-refractivity contribution is 7.92. The summed E-state index contributed by atoms with van der Waals surface area (Å²) in [4.78, 5) is 28.8. The Balaban J connectivity index is 2.21. The SMILES string of the molecule is Cc1ccc(NS(=O)(=O)c2ccccc2OC(F)(F)F)c(=O)n1CC(=O)NCCON=C(N)N. The number of nitrogens with two attached hydrogens (primary N) is 2. The first-order valence-electron chi connectivity index (χ1n) is 9.36. The van der Waals surface area contributed by atoms with Gasteiger partial charge in [-0.2, -0.15) is 0 Å². The number of carbonyl (C=O) groups excluding carboxylic acids is 1. The van der Waals surface area contributed by atoms with Gasteiger partial charge in [0.05, 0.1) is 6.54 Å². The summed E-state index contributed by atoms with van der Waals surface area (Å²) in [5, 5.41) is 5.71. The number of rotatable bonds is 10. The summed E-state index contributed by atoms with van der Waals surface area (Å²) in [6.07, 6.45) is -5.14. The van der Waals surface area contributed by atoms with Gasteiger partial charge in [0.2, 0.25) is 11.9 Å². The van der Waals surface area contributed by atoms with Crippen LogP contribution in [0, 0.1) is 6.92 Å². The van der Waals surface area contributed by atoms with Crippen LogP contribution in [0.1, 0.15) is 5.69 Å². The Morgan fingerprint density at radius 3 is 2.50 bits per heavy atom. The van der Waals surface area contributed by atoms with Crippen molar-refractivity contribution in [3.05, 3.63) is 52.4 Å². The van der Waals surface area contributed by atoms with E-state index in [9.17, 15) is 31.2 Å². The lowest BCUT2D eigenvalue weighted by Gasteiger charge is -2.16. The van der Waals surface area contributed by atoms with Crippen molar-refractivity contribution in [3.8, 4) is 5.75 Å². The highest BCUT2D eigenvalue weighted by Crippen LogP contribution is 2.30. The number of anilines is 1. The number of alkyl halides is 3. The number of oxime groups is 1. The van der Waals surface area contributed by atoms with E-state index in [0.717, 1.165) is 28.8 Å². The van der Waals surface area contributed by atoms with Gasteiger partial charge in [0.15, 0.2) is 0 Å². The van der Waals surface area contributed by atoms with Gasteiger partial charge >= 0.3 is 6.36 Å². The first-order valence-corrected chi connectivity index (χ1v) is 10.8. The van der Waals surface area contributed by atoms with Crippen LogP contribution < -0.4 is 31.8 Å². The molecule has 1 aromatic carbocycles. The van der Waals surface area contributed by atoms with Crippen LogP contribution >= 0.6 is 0 Å². The second kappa shape index (κ2) is 10.8. The number of carbonyl (C=O) groups is 1. The zero-order valence-corrected chi connectivity index (χ0v) is 18.4. The zero-order chi connectivity index (χ0) is 25.5. The van der Waals surface area contributed by atoms with Crippen molar-refractivity contribution in [2.75, 3.05) is 17.9 Å². The van der Waals surface area contributed by atoms with Crippen LogP contribution in [0.15, 0.2) is 51.2 Å². The van der Waals surface area contributed by atoms with Crippen LogP contribution in [0.25, 0.3) is 0 Å². The maximum absolute atomic E-state index is 12.8. The molecule has 186 valence electrons. The number of para-hydroxylation sites is 1. The van der Waals surface area contributed by atoms with E-state index in [-0.39, 0.29) is 19.1 Å². The number of ether oxygens (including phenoxy) is 1. The molecule has 1 amide bonds. The number of aryl methyl sites for hydroxylation is 1. The lowest BCUT2D eigenvalue weighted by atomic mass is 10.3. The molecule has 1 heterocycles. The number of guanidine groups is 1. The minimum atomic E-state index is -5.14. The van der Waals surface area contributed by atoms with Crippen molar-refractivity contribution in [1.29, 1.82) is 0 Å². The highest BCUT2D eigenvalue weighted by atomic mass is 32.2. The molecular weight excluding hydrogens is 485 g/mol. The van der Waals surface area contributed by atoms with Crippen molar-refractivity contribution in [3.63, 3.8) is 0 Å². The fraction of sp³-hybridized carbons (Fsp3) is 0.278. The quantitative estimate of drug-likeness (QED) is 0.152. The molecule has 12 nitrogen and oxygen atoms in total. The molecule has 0 aliphatic carbocycles. The third-order valence-electron chi connectivity index (χ3n) is 3.99. The van der Waals surface area contributed by atoms with Crippen LogP contribution in [-0.4, -0.2) is 44.4 Å². The van der Waals surface area contributed by atoms with E-state index < -0.39 is 50.7 Å². The number of nitrogens with zero attached hydrogens (tertiary/aromatic N) is 2. The second-order valence-corrected chi connectivity index (χ2v) is 8.23. The summed E-state index contributed by atoms with van der Waals surface area (Å²) in [6.45, 7) is 0.972. The van der Waals surface area contributed by atoms with Gasteiger partial charge in [0.1, 0.15) is 29.5 Å². The first-order chi connectivity index (χ1) is 15.8. The van der Waals surface area contributed by atoms with Gasteiger partial charge in [-0.3, -0.25) is 14.3 Å². The van der Waals surface area contributed by atoms with Gasteiger partial charge in [-0.05, 0) is 36.3 Å². The number of aromatic nitrogens is 1. The fourth-order valence-electron chi connectivity index (χ4n) is 2.58. The topological polar surface area (TPSA) is 180 Å². The standard InChI is InChI=1S/C18H21F3N6O6S/c1-11-6-7-12(16(29)27(11)10-15(28)24-8-9-32-25-17(22)23)26-34(30,31)14-5-3-2-4-13(14)33-18(19,20)21/h2-7,26H,8-10H2,1H3,(H,24,28)(H4,22,23,25). The molecule has 0 aliphatic heterocycles. The normalized spacial score (nSPS) is 11.4. The molecule has 34 heavy (non-hydrogen) atoms. The Kier molecular flexibility index (Phi) is 8.34. The number of hydrogen-bond acceptors (Lipinski definition) is 7. The average Bonchev–Trinajstić information content (AvgIpc) is 2.72. The number of benzene rings is 1. The highest BCUT2D eigenvalue weighted by Gasteiger charge is 2.34. The van der Waals surface area contributed by atoms with Gasteiger partial charge in [0.25, 0.3) is 15.6 Å². The molecule has 2 rings (SSSR count). The third kappa shape index (κ3) is 7.58.